The van der Waals surface area contributed by atoms with Crippen LogP contribution in [0.25, 0.3) is 0 Å². The Morgan fingerprint density at radius 3 is 2.22 bits per heavy atom. The van der Waals surface area contributed by atoms with Gasteiger partial charge in [-0.25, -0.2) is 0 Å². The van der Waals surface area contributed by atoms with Gasteiger partial charge in [0.1, 0.15) is 0 Å². The molecule has 2 rings (SSSR count). The molecule has 2 atom stereocenters. The van der Waals surface area contributed by atoms with Crippen LogP contribution in [0.4, 0.5) is 0 Å². The minimum Gasteiger partial charge on any atom is -0.299 e. The Labute approximate surface area is 112 Å². The van der Waals surface area contributed by atoms with Crippen LogP contribution in [0.1, 0.15) is 39.2 Å². The van der Waals surface area contributed by atoms with Gasteiger partial charge in [-0.15, -0.1) is 0 Å². The summed E-state index contributed by atoms with van der Waals surface area (Å²) in [5, 5.41) is 0. The van der Waals surface area contributed by atoms with Gasteiger partial charge in [-0.1, -0.05) is 63.9 Å². The molecule has 1 nitrogen and oxygen atoms in total. The Balaban J connectivity index is 1.93. The minimum absolute atomic E-state index is 0.845. The molecular formula is C17H27N. The fourth-order valence-corrected chi connectivity index (χ4v) is 3.59. The first-order valence-corrected chi connectivity index (χ1v) is 7.47. The van der Waals surface area contributed by atoms with Gasteiger partial charge in [0.25, 0.3) is 0 Å². The first-order valence-electron chi connectivity index (χ1n) is 7.47. The van der Waals surface area contributed by atoms with Gasteiger partial charge in [0.15, 0.2) is 0 Å². The van der Waals surface area contributed by atoms with Gasteiger partial charge in [0, 0.05) is 19.6 Å². The van der Waals surface area contributed by atoms with Crippen molar-refractivity contribution in [3.05, 3.63) is 35.9 Å². The molecule has 1 aromatic carbocycles. The molecule has 0 bridgehead atoms. The average molecular weight is 245 g/mol. The molecule has 1 heteroatoms. The van der Waals surface area contributed by atoms with Gasteiger partial charge in [0.2, 0.25) is 0 Å². The van der Waals surface area contributed by atoms with Crippen LogP contribution in [0.15, 0.2) is 30.3 Å². The highest BCUT2D eigenvalue weighted by Gasteiger charge is 2.30. The summed E-state index contributed by atoms with van der Waals surface area (Å²) in [4.78, 5) is 2.64. The maximum Gasteiger partial charge on any atom is 0.0233 e. The summed E-state index contributed by atoms with van der Waals surface area (Å²) in [7, 11) is 0. The fourth-order valence-electron chi connectivity index (χ4n) is 3.59. The topological polar surface area (TPSA) is 3.24 Å². The highest BCUT2D eigenvalue weighted by Crippen LogP contribution is 2.32. The zero-order valence-corrected chi connectivity index (χ0v) is 12.1. The lowest BCUT2D eigenvalue weighted by Gasteiger charge is -2.41. The van der Waals surface area contributed by atoms with Crippen molar-refractivity contribution < 1.29 is 0 Å². The molecule has 100 valence electrons. The SMILES string of the molecule is CCCC1C(C)CN(Cc2ccccc2)CC1C. The predicted octanol–water partition coefficient (Wildman–Crippen LogP) is 4.19. The second-order valence-corrected chi connectivity index (χ2v) is 6.09. The van der Waals surface area contributed by atoms with Crippen LogP contribution in [0.2, 0.25) is 0 Å². The molecule has 2 unspecified atom stereocenters. The lowest BCUT2D eigenvalue weighted by Crippen LogP contribution is -2.43. The highest BCUT2D eigenvalue weighted by atomic mass is 15.1. The molecule has 1 heterocycles. The quantitative estimate of drug-likeness (QED) is 0.769. The number of hydrogen-bond acceptors (Lipinski definition) is 1. The molecule has 0 radical (unpaired) electrons. The zero-order valence-electron chi connectivity index (χ0n) is 12.1. The van der Waals surface area contributed by atoms with Crippen molar-refractivity contribution in [1.29, 1.82) is 0 Å². The van der Waals surface area contributed by atoms with E-state index in [0.29, 0.717) is 0 Å². The number of benzene rings is 1. The summed E-state index contributed by atoms with van der Waals surface area (Å²) in [5.41, 5.74) is 1.45. The van der Waals surface area contributed by atoms with Crippen molar-refractivity contribution in [1.82, 2.24) is 4.90 Å². The Kier molecular flexibility index (Phi) is 4.82. The van der Waals surface area contributed by atoms with Crippen molar-refractivity contribution in [3.63, 3.8) is 0 Å². The highest BCUT2D eigenvalue weighted by molar-refractivity contribution is 5.14. The van der Waals surface area contributed by atoms with Crippen LogP contribution < -0.4 is 0 Å². The molecule has 1 aliphatic heterocycles. The monoisotopic (exact) mass is 245 g/mol. The van der Waals surface area contributed by atoms with Crippen LogP contribution in [0.3, 0.4) is 0 Å². The van der Waals surface area contributed by atoms with E-state index in [1.54, 1.807) is 0 Å². The lowest BCUT2D eigenvalue weighted by molar-refractivity contribution is 0.0677. The first kappa shape index (κ1) is 13.6. The van der Waals surface area contributed by atoms with Gasteiger partial charge in [-0.2, -0.15) is 0 Å². The van der Waals surface area contributed by atoms with E-state index < -0.39 is 0 Å². The number of hydrogen-bond donors (Lipinski definition) is 0. The summed E-state index contributed by atoms with van der Waals surface area (Å²) < 4.78 is 0. The van der Waals surface area contributed by atoms with Gasteiger partial charge in [-0.3, -0.25) is 4.90 Å². The van der Waals surface area contributed by atoms with Crippen LogP contribution in [-0.4, -0.2) is 18.0 Å². The molecule has 1 aromatic rings. The maximum absolute atomic E-state index is 2.64. The van der Waals surface area contributed by atoms with E-state index >= 15 is 0 Å². The summed E-state index contributed by atoms with van der Waals surface area (Å²) in [6.45, 7) is 10.8. The smallest absolute Gasteiger partial charge is 0.0233 e. The number of nitrogens with zero attached hydrogens (tertiary/aromatic N) is 1. The second-order valence-electron chi connectivity index (χ2n) is 6.09. The molecule has 18 heavy (non-hydrogen) atoms. The minimum atomic E-state index is 0.845. The van der Waals surface area contributed by atoms with E-state index in [-0.39, 0.29) is 0 Å². The molecule has 0 spiro atoms. The number of piperidine rings is 1. The first-order chi connectivity index (χ1) is 8.70. The van der Waals surface area contributed by atoms with Crippen LogP contribution in [0, 0.1) is 17.8 Å². The van der Waals surface area contributed by atoms with Crippen molar-refractivity contribution in [2.24, 2.45) is 17.8 Å². The molecule has 0 N–H and O–H groups in total. The Hall–Kier alpha value is -0.820. The molecular weight excluding hydrogens is 218 g/mol. The molecule has 1 aliphatic rings. The zero-order chi connectivity index (χ0) is 13.0. The van der Waals surface area contributed by atoms with E-state index in [0.717, 1.165) is 24.3 Å². The van der Waals surface area contributed by atoms with Gasteiger partial charge in [0.05, 0.1) is 0 Å². The van der Waals surface area contributed by atoms with Crippen molar-refractivity contribution in [3.8, 4) is 0 Å². The summed E-state index contributed by atoms with van der Waals surface area (Å²) in [6.07, 6.45) is 2.74. The second kappa shape index (κ2) is 6.38. The number of likely N-dealkylation sites (tertiary alicyclic amines) is 1. The van der Waals surface area contributed by atoms with Crippen molar-refractivity contribution >= 4 is 0 Å². The van der Waals surface area contributed by atoms with Gasteiger partial charge >= 0.3 is 0 Å². The Morgan fingerprint density at radius 1 is 1.06 bits per heavy atom. The molecule has 0 aliphatic carbocycles. The normalized spacial score (nSPS) is 29.4. The summed E-state index contributed by atoms with van der Waals surface area (Å²) in [5.74, 6) is 2.62. The number of rotatable bonds is 4. The molecule has 0 amide bonds. The van der Waals surface area contributed by atoms with Gasteiger partial charge in [-0.05, 0) is 23.3 Å². The fraction of sp³-hybridized carbons (Fsp3) is 0.647. The molecule has 0 aromatic heterocycles. The van der Waals surface area contributed by atoms with E-state index in [1.807, 2.05) is 0 Å². The van der Waals surface area contributed by atoms with Crippen molar-refractivity contribution in [2.75, 3.05) is 13.1 Å². The van der Waals surface area contributed by atoms with Crippen LogP contribution in [0.5, 0.6) is 0 Å². The third kappa shape index (κ3) is 3.35. The third-order valence-electron chi connectivity index (χ3n) is 4.43. The van der Waals surface area contributed by atoms with Crippen molar-refractivity contribution in [2.45, 2.75) is 40.2 Å². The lowest BCUT2D eigenvalue weighted by atomic mass is 9.77. The van der Waals surface area contributed by atoms with Crippen LogP contribution >= 0.6 is 0 Å². The van der Waals surface area contributed by atoms with E-state index in [1.165, 1.54) is 31.5 Å². The Morgan fingerprint density at radius 2 is 1.67 bits per heavy atom. The average Bonchev–Trinajstić information content (AvgIpc) is 2.35. The maximum atomic E-state index is 2.64. The standard InChI is InChI=1S/C17H27N/c1-4-8-17-14(2)11-18(12-15(17)3)13-16-9-6-5-7-10-16/h5-7,9-10,14-15,17H,4,8,11-13H2,1-3H3. The molecule has 0 saturated carbocycles. The molecule has 1 saturated heterocycles. The van der Waals surface area contributed by atoms with E-state index in [9.17, 15) is 0 Å². The Bertz CT molecular complexity index is 334. The summed E-state index contributed by atoms with van der Waals surface area (Å²) in [6, 6.07) is 10.9. The van der Waals surface area contributed by atoms with E-state index in [4.69, 9.17) is 0 Å². The largest absolute Gasteiger partial charge is 0.299 e. The third-order valence-corrected chi connectivity index (χ3v) is 4.43. The van der Waals surface area contributed by atoms with Gasteiger partial charge < -0.3 is 0 Å². The van der Waals surface area contributed by atoms with Crippen LogP contribution in [-0.2, 0) is 6.54 Å². The predicted molar refractivity (Wildman–Crippen MR) is 78.4 cm³/mol. The molecule has 1 fully saturated rings. The van der Waals surface area contributed by atoms with E-state index in [2.05, 4.69) is 56.0 Å². The summed E-state index contributed by atoms with van der Waals surface area (Å²) >= 11 is 0.